The van der Waals surface area contributed by atoms with Crippen LogP contribution in [-0.4, -0.2) is 9.91 Å². The van der Waals surface area contributed by atoms with E-state index < -0.39 is 16.0 Å². The van der Waals surface area contributed by atoms with Crippen molar-refractivity contribution < 1.29 is 9.31 Å². The molecule has 0 aliphatic heterocycles. The third-order valence-corrected chi connectivity index (χ3v) is 1.74. The van der Waals surface area contributed by atoms with E-state index in [9.17, 15) is 14.5 Å². The summed E-state index contributed by atoms with van der Waals surface area (Å²) in [5.74, 6) is -0.621. The van der Waals surface area contributed by atoms with Gasteiger partial charge in [-0.3, -0.25) is 0 Å². The maximum atomic E-state index is 12.1. The maximum absolute atomic E-state index is 12.1. The fraction of sp³-hybridized carbons (Fsp3) is 0. The summed E-state index contributed by atoms with van der Waals surface area (Å²) in [6.07, 6.45) is 0. The summed E-state index contributed by atoms with van der Waals surface area (Å²) in [6, 6.07) is 0. The van der Waals surface area contributed by atoms with Crippen molar-refractivity contribution in [2.45, 2.75) is 0 Å². The third-order valence-electron chi connectivity index (χ3n) is 0.716. The Hall–Kier alpha value is -0.750. The van der Waals surface area contributed by atoms with E-state index in [0.29, 0.717) is 11.3 Å². The molecule has 0 radical (unpaired) electrons. The summed E-state index contributed by atoms with van der Waals surface area (Å²) in [6.45, 7) is 0. The van der Waals surface area contributed by atoms with Crippen molar-refractivity contribution in [3.8, 4) is 0 Å². The molecule has 0 saturated carbocycles. The summed E-state index contributed by atoms with van der Waals surface area (Å²) in [7, 11) is 0. The van der Waals surface area contributed by atoms with Crippen molar-refractivity contribution in [2.24, 2.45) is 0 Å². The van der Waals surface area contributed by atoms with Crippen LogP contribution in [-0.2, 0) is 0 Å². The number of thiazole rings is 1. The Bertz CT molecular complexity index is 275. The molecule has 0 unspecified atom stereocenters. The lowest BCUT2D eigenvalue weighted by atomic mass is 10.8. The van der Waals surface area contributed by atoms with Crippen LogP contribution in [0.5, 0.6) is 0 Å². The lowest BCUT2D eigenvalue weighted by molar-refractivity contribution is -0.389. The van der Waals surface area contributed by atoms with E-state index in [1.165, 1.54) is 0 Å². The Kier molecular flexibility index (Phi) is 1.82. The second-order valence-corrected chi connectivity index (χ2v) is 2.87. The monoisotopic (exact) mass is 182 g/mol. The van der Waals surface area contributed by atoms with Crippen LogP contribution in [0, 0.1) is 15.4 Å². The van der Waals surface area contributed by atoms with Crippen molar-refractivity contribution in [1.29, 1.82) is 0 Å². The van der Waals surface area contributed by atoms with Crippen LogP contribution in [0.25, 0.3) is 0 Å². The minimum atomic E-state index is -0.892. The van der Waals surface area contributed by atoms with Gasteiger partial charge in [0.2, 0.25) is 0 Å². The van der Waals surface area contributed by atoms with E-state index in [4.69, 9.17) is 11.6 Å². The number of nitrogens with zero attached hydrogens (tertiary/aromatic N) is 2. The lowest BCUT2D eigenvalue weighted by Gasteiger charge is -1.83. The largest absolute Gasteiger partial charge is 0.396 e. The quantitative estimate of drug-likeness (QED) is 0.492. The number of nitro groups is 1. The SMILES string of the molecule is O=[N+]([O-])c1nc(F)sc1Cl. The number of rotatable bonds is 1. The van der Waals surface area contributed by atoms with Crippen molar-refractivity contribution in [3.05, 3.63) is 19.7 Å². The number of hydrogen-bond donors (Lipinski definition) is 0. The molecule has 7 heteroatoms. The zero-order chi connectivity index (χ0) is 7.72. The molecule has 1 rings (SSSR count). The van der Waals surface area contributed by atoms with E-state index in [1.54, 1.807) is 0 Å². The van der Waals surface area contributed by atoms with Crippen LogP contribution in [0.15, 0.2) is 0 Å². The Balaban J connectivity index is 3.15. The Labute approximate surface area is 63.4 Å². The Morgan fingerprint density at radius 1 is 1.80 bits per heavy atom. The van der Waals surface area contributed by atoms with Crippen molar-refractivity contribution in [2.75, 3.05) is 0 Å². The van der Waals surface area contributed by atoms with Gasteiger partial charge in [-0.05, 0) is 16.3 Å². The highest BCUT2D eigenvalue weighted by Crippen LogP contribution is 2.28. The number of aromatic nitrogens is 1. The standard InChI is InChI=1S/C3ClFN2O2S/c4-1-2(7(8)9)6-3(5)10-1. The minimum absolute atomic E-state index is 0.234. The molecule has 0 aromatic carbocycles. The van der Waals surface area contributed by atoms with E-state index in [1.807, 2.05) is 0 Å². The summed E-state index contributed by atoms with van der Waals surface area (Å²) >= 11 is 5.66. The molecule has 1 aromatic heterocycles. The van der Waals surface area contributed by atoms with Gasteiger partial charge in [0.25, 0.3) is 0 Å². The van der Waals surface area contributed by atoms with Gasteiger partial charge < -0.3 is 10.1 Å². The first-order valence-electron chi connectivity index (χ1n) is 2.07. The highest BCUT2D eigenvalue weighted by atomic mass is 35.5. The summed E-state index contributed by atoms with van der Waals surface area (Å²) < 4.78 is 11.8. The smallest absolute Gasteiger partial charge is 0.358 e. The molecule has 0 bridgehead atoms. The zero-order valence-electron chi connectivity index (χ0n) is 4.38. The topological polar surface area (TPSA) is 56.0 Å². The van der Waals surface area contributed by atoms with Crippen LogP contribution in [0.4, 0.5) is 10.2 Å². The molecule has 1 heterocycles. The normalized spacial score (nSPS) is 9.80. The van der Waals surface area contributed by atoms with Gasteiger partial charge in [-0.1, -0.05) is 11.6 Å². The minimum Gasteiger partial charge on any atom is -0.358 e. The second kappa shape index (κ2) is 2.47. The van der Waals surface area contributed by atoms with Crippen LogP contribution < -0.4 is 0 Å². The molecule has 0 saturated heterocycles. The molecule has 4 nitrogen and oxygen atoms in total. The molecule has 0 atom stereocenters. The number of hydrogen-bond acceptors (Lipinski definition) is 4. The van der Waals surface area contributed by atoms with E-state index in [-0.39, 0.29) is 4.34 Å². The Morgan fingerprint density at radius 3 is 2.60 bits per heavy atom. The number of halogens is 2. The molecule has 0 aliphatic carbocycles. The molecule has 10 heavy (non-hydrogen) atoms. The fourth-order valence-electron chi connectivity index (χ4n) is 0.382. The molecule has 0 spiro atoms. The predicted octanol–water partition coefficient (Wildman–Crippen LogP) is 1.84. The van der Waals surface area contributed by atoms with Gasteiger partial charge in [0.15, 0.2) is 4.34 Å². The highest BCUT2D eigenvalue weighted by Gasteiger charge is 2.20. The average molecular weight is 183 g/mol. The molecular formula is C3ClFN2O2S. The second-order valence-electron chi connectivity index (χ2n) is 1.32. The van der Waals surface area contributed by atoms with Gasteiger partial charge in [0.1, 0.15) is 0 Å². The summed E-state index contributed by atoms with van der Waals surface area (Å²) in [5.41, 5.74) is 0. The summed E-state index contributed by atoms with van der Waals surface area (Å²) in [5, 5.41) is 9.04. The van der Waals surface area contributed by atoms with Gasteiger partial charge in [-0.15, -0.1) is 4.39 Å². The Morgan fingerprint density at radius 2 is 2.40 bits per heavy atom. The van der Waals surface area contributed by atoms with Gasteiger partial charge in [-0.2, -0.15) is 0 Å². The van der Waals surface area contributed by atoms with E-state index in [0.717, 1.165) is 0 Å². The first-order valence-corrected chi connectivity index (χ1v) is 3.27. The van der Waals surface area contributed by atoms with E-state index >= 15 is 0 Å². The first-order chi connectivity index (χ1) is 4.61. The first kappa shape index (κ1) is 7.36. The highest BCUT2D eigenvalue weighted by molar-refractivity contribution is 7.14. The third kappa shape index (κ3) is 1.22. The molecule has 0 fully saturated rings. The van der Waals surface area contributed by atoms with Crippen LogP contribution in [0.2, 0.25) is 4.34 Å². The van der Waals surface area contributed by atoms with E-state index in [2.05, 4.69) is 4.98 Å². The summed E-state index contributed by atoms with van der Waals surface area (Å²) in [4.78, 5) is 12.0. The average Bonchev–Trinajstić information content (AvgIpc) is 2.10. The van der Waals surface area contributed by atoms with Gasteiger partial charge in [0, 0.05) is 4.98 Å². The van der Waals surface area contributed by atoms with Gasteiger partial charge >= 0.3 is 11.1 Å². The maximum Gasteiger partial charge on any atom is 0.396 e. The lowest BCUT2D eigenvalue weighted by Crippen LogP contribution is -1.87. The zero-order valence-corrected chi connectivity index (χ0v) is 5.95. The predicted molar refractivity (Wildman–Crippen MR) is 33.7 cm³/mol. The molecule has 0 N–H and O–H groups in total. The van der Waals surface area contributed by atoms with Crippen LogP contribution in [0.3, 0.4) is 0 Å². The molecule has 0 amide bonds. The molecular weight excluding hydrogens is 183 g/mol. The van der Waals surface area contributed by atoms with Crippen molar-refractivity contribution in [1.82, 2.24) is 4.98 Å². The fourth-order valence-corrected chi connectivity index (χ4v) is 1.18. The van der Waals surface area contributed by atoms with Crippen LogP contribution in [0.1, 0.15) is 0 Å². The van der Waals surface area contributed by atoms with Crippen LogP contribution >= 0.6 is 22.9 Å². The van der Waals surface area contributed by atoms with Crippen molar-refractivity contribution in [3.63, 3.8) is 0 Å². The molecule has 54 valence electrons. The molecule has 0 aliphatic rings. The van der Waals surface area contributed by atoms with Gasteiger partial charge in [-0.25, -0.2) is 0 Å². The van der Waals surface area contributed by atoms with Crippen molar-refractivity contribution >= 4 is 28.8 Å². The van der Waals surface area contributed by atoms with Gasteiger partial charge in [0.05, 0.1) is 0 Å². The molecule has 1 aromatic rings.